The van der Waals surface area contributed by atoms with Crippen LogP contribution in [-0.2, 0) is 4.74 Å². The Labute approximate surface area is 199 Å². The molecule has 176 valence electrons. The van der Waals surface area contributed by atoms with E-state index < -0.39 is 5.97 Å². The number of esters is 1. The number of nitrogens with zero attached hydrogens (tertiary/aromatic N) is 3. The zero-order valence-electron chi connectivity index (χ0n) is 19.3. The largest absolute Gasteiger partial charge is 0.508 e. The van der Waals surface area contributed by atoms with Crippen LogP contribution in [0.15, 0.2) is 78.9 Å². The first-order valence-electron chi connectivity index (χ1n) is 11.4. The van der Waals surface area contributed by atoms with E-state index in [-0.39, 0.29) is 17.2 Å². The highest BCUT2D eigenvalue weighted by molar-refractivity contribution is 6.09. The number of phenolic OH excluding ortho intramolecular Hbond substituents is 1. The summed E-state index contributed by atoms with van der Waals surface area (Å²) in [6, 6.07) is 23.6. The lowest BCUT2D eigenvalue weighted by Gasteiger charge is -2.37. The Morgan fingerprint density at radius 2 is 1.56 bits per heavy atom. The van der Waals surface area contributed by atoms with Gasteiger partial charge >= 0.3 is 5.97 Å². The number of hydrogen-bond acceptors (Lipinski definition) is 6. The SMILES string of the molecule is COC(=O)c1ccc(O)cc1N(CCN1CCN(c2ccccc2)CC1)C(=O)c1ccccc1. The first-order chi connectivity index (χ1) is 16.6. The van der Waals surface area contributed by atoms with E-state index in [9.17, 15) is 14.7 Å². The molecule has 7 nitrogen and oxygen atoms in total. The lowest BCUT2D eigenvalue weighted by molar-refractivity contribution is 0.0601. The van der Waals surface area contributed by atoms with Crippen molar-refractivity contribution in [3.05, 3.63) is 90.0 Å². The molecule has 1 fully saturated rings. The Hall–Kier alpha value is -3.84. The Morgan fingerprint density at radius 3 is 2.21 bits per heavy atom. The molecule has 4 rings (SSSR count). The molecule has 1 amide bonds. The number of para-hydroxylation sites is 1. The number of carbonyl (C=O) groups is 2. The van der Waals surface area contributed by atoms with Crippen molar-refractivity contribution in [2.75, 3.05) is 56.2 Å². The average Bonchev–Trinajstić information content (AvgIpc) is 2.89. The van der Waals surface area contributed by atoms with Gasteiger partial charge in [0.15, 0.2) is 0 Å². The molecular formula is C27H29N3O4. The van der Waals surface area contributed by atoms with Gasteiger partial charge in [-0.2, -0.15) is 0 Å². The van der Waals surface area contributed by atoms with Gasteiger partial charge in [0.25, 0.3) is 5.91 Å². The van der Waals surface area contributed by atoms with E-state index in [1.165, 1.54) is 31.0 Å². The van der Waals surface area contributed by atoms with Crippen LogP contribution in [0.1, 0.15) is 20.7 Å². The lowest BCUT2D eigenvalue weighted by atomic mass is 10.1. The Bertz CT molecular complexity index is 1110. The molecule has 0 radical (unpaired) electrons. The second-order valence-corrected chi connectivity index (χ2v) is 8.18. The minimum Gasteiger partial charge on any atom is -0.508 e. The van der Waals surface area contributed by atoms with E-state index in [1.807, 2.05) is 24.3 Å². The van der Waals surface area contributed by atoms with E-state index >= 15 is 0 Å². The fourth-order valence-electron chi connectivity index (χ4n) is 4.20. The predicted octanol–water partition coefficient (Wildman–Crippen LogP) is 3.65. The third kappa shape index (κ3) is 5.38. The fourth-order valence-corrected chi connectivity index (χ4v) is 4.20. The highest BCUT2D eigenvalue weighted by Gasteiger charge is 2.25. The summed E-state index contributed by atoms with van der Waals surface area (Å²) in [7, 11) is 1.30. The molecule has 3 aromatic rings. The monoisotopic (exact) mass is 459 g/mol. The number of phenols is 1. The molecule has 0 saturated carbocycles. The van der Waals surface area contributed by atoms with Gasteiger partial charge in [-0.05, 0) is 36.4 Å². The van der Waals surface area contributed by atoms with Gasteiger partial charge in [0, 0.05) is 56.6 Å². The first-order valence-corrected chi connectivity index (χ1v) is 11.4. The second-order valence-electron chi connectivity index (χ2n) is 8.18. The first kappa shape index (κ1) is 23.3. The fraction of sp³-hybridized carbons (Fsp3) is 0.259. The number of benzene rings is 3. The van der Waals surface area contributed by atoms with Crippen LogP contribution in [0.2, 0.25) is 0 Å². The molecule has 0 spiro atoms. The molecule has 3 aromatic carbocycles. The molecule has 1 heterocycles. The third-order valence-electron chi connectivity index (χ3n) is 6.08. The van der Waals surface area contributed by atoms with Gasteiger partial charge in [-0.25, -0.2) is 4.79 Å². The van der Waals surface area contributed by atoms with E-state index in [4.69, 9.17) is 4.74 Å². The number of methoxy groups -OCH3 is 1. The Morgan fingerprint density at radius 1 is 0.912 bits per heavy atom. The van der Waals surface area contributed by atoms with E-state index in [2.05, 4.69) is 21.9 Å². The summed E-state index contributed by atoms with van der Waals surface area (Å²) in [6.45, 7) is 4.54. The molecular weight excluding hydrogens is 430 g/mol. The number of aromatic hydroxyl groups is 1. The van der Waals surface area contributed by atoms with Crippen LogP contribution < -0.4 is 9.80 Å². The number of ether oxygens (including phenoxy) is 1. The molecule has 1 N–H and O–H groups in total. The highest BCUT2D eigenvalue weighted by atomic mass is 16.5. The molecule has 0 bridgehead atoms. The summed E-state index contributed by atoms with van der Waals surface area (Å²) in [5.41, 5.74) is 2.29. The van der Waals surface area contributed by atoms with E-state index in [1.54, 1.807) is 29.2 Å². The van der Waals surface area contributed by atoms with Crippen molar-refractivity contribution in [2.45, 2.75) is 0 Å². The van der Waals surface area contributed by atoms with Gasteiger partial charge in [-0.15, -0.1) is 0 Å². The topological polar surface area (TPSA) is 73.3 Å². The standard InChI is InChI=1S/C27H29N3O4/c1-34-27(33)24-13-12-23(31)20-25(24)30(26(32)21-8-4-2-5-9-21)19-16-28-14-17-29(18-15-28)22-10-6-3-7-11-22/h2-13,20,31H,14-19H2,1H3. The van der Waals surface area contributed by atoms with Gasteiger partial charge in [-0.3, -0.25) is 9.69 Å². The maximum absolute atomic E-state index is 13.5. The van der Waals surface area contributed by atoms with Crippen LogP contribution in [0.25, 0.3) is 0 Å². The maximum Gasteiger partial charge on any atom is 0.339 e. The minimum absolute atomic E-state index is 0.0232. The van der Waals surface area contributed by atoms with Crippen LogP contribution in [0.3, 0.4) is 0 Å². The van der Waals surface area contributed by atoms with Crippen molar-refractivity contribution in [1.82, 2.24) is 4.90 Å². The third-order valence-corrected chi connectivity index (χ3v) is 6.08. The molecule has 0 aliphatic carbocycles. The number of piperazine rings is 1. The smallest absolute Gasteiger partial charge is 0.339 e. The number of amides is 1. The molecule has 34 heavy (non-hydrogen) atoms. The zero-order chi connectivity index (χ0) is 23.9. The molecule has 1 saturated heterocycles. The van der Waals surface area contributed by atoms with Crippen LogP contribution in [0.4, 0.5) is 11.4 Å². The van der Waals surface area contributed by atoms with Crippen molar-refractivity contribution < 1.29 is 19.4 Å². The van der Waals surface area contributed by atoms with Crippen molar-refractivity contribution in [1.29, 1.82) is 0 Å². The molecule has 7 heteroatoms. The normalized spacial score (nSPS) is 14.0. The van der Waals surface area contributed by atoms with Crippen LogP contribution in [-0.4, -0.2) is 68.3 Å². The number of hydrogen-bond donors (Lipinski definition) is 1. The van der Waals surface area contributed by atoms with Crippen molar-refractivity contribution in [3.63, 3.8) is 0 Å². The predicted molar refractivity (Wildman–Crippen MR) is 133 cm³/mol. The zero-order valence-corrected chi connectivity index (χ0v) is 19.3. The van der Waals surface area contributed by atoms with E-state index in [0.717, 1.165) is 26.2 Å². The summed E-state index contributed by atoms with van der Waals surface area (Å²) in [6.07, 6.45) is 0. The van der Waals surface area contributed by atoms with Gasteiger partial charge in [0.1, 0.15) is 5.75 Å². The van der Waals surface area contributed by atoms with Crippen LogP contribution >= 0.6 is 0 Å². The van der Waals surface area contributed by atoms with E-state index in [0.29, 0.717) is 24.3 Å². The highest BCUT2D eigenvalue weighted by Crippen LogP contribution is 2.28. The maximum atomic E-state index is 13.5. The summed E-state index contributed by atoms with van der Waals surface area (Å²) >= 11 is 0. The van der Waals surface area contributed by atoms with Crippen molar-refractivity contribution in [2.24, 2.45) is 0 Å². The molecule has 0 aromatic heterocycles. The van der Waals surface area contributed by atoms with Gasteiger partial charge in [-0.1, -0.05) is 36.4 Å². The average molecular weight is 460 g/mol. The van der Waals surface area contributed by atoms with Gasteiger partial charge in [0.2, 0.25) is 0 Å². The summed E-state index contributed by atoms with van der Waals surface area (Å²) in [5.74, 6) is -0.818. The number of rotatable bonds is 7. The second kappa shape index (κ2) is 10.9. The van der Waals surface area contributed by atoms with Crippen LogP contribution in [0, 0.1) is 0 Å². The van der Waals surface area contributed by atoms with Crippen molar-refractivity contribution in [3.8, 4) is 5.75 Å². The molecule has 1 aliphatic heterocycles. The number of carbonyl (C=O) groups excluding carboxylic acids is 2. The Kier molecular flexibility index (Phi) is 7.44. The quantitative estimate of drug-likeness (QED) is 0.544. The number of anilines is 2. The van der Waals surface area contributed by atoms with Gasteiger partial charge < -0.3 is 19.6 Å². The summed E-state index contributed by atoms with van der Waals surface area (Å²) in [5, 5.41) is 10.1. The molecule has 0 atom stereocenters. The molecule has 1 aliphatic rings. The summed E-state index contributed by atoms with van der Waals surface area (Å²) < 4.78 is 4.93. The minimum atomic E-state index is -0.558. The Balaban J connectivity index is 1.53. The van der Waals surface area contributed by atoms with Crippen LogP contribution in [0.5, 0.6) is 5.75 Å². The lowest BCUT2D eigenvalue weighted by Crippen LogP contribution is -2.49. The summed E-state index contributed by atoms with van der Waals surface area (Å²) in [4.78, 5) is 32.1. The molecule has 0 unspecified atom stereocenters. The van der Waals surface area contributed by atoms with Gasteiger partial charge in [0.05, 0.1) is 18.4 Å². The van der Waals surface area contributed by atoms with Crippen molar-refractivity contribution >= 4 is 23.3 Å².